The molecule has 9 aliphatic carbocycles. The molecule has 109 heavy (non-hydrogen) atoms. The minimum Gasteiger partial charge on any atom is -0.367 e. The van der Waals surface area contributed by atoms with Gasteiger partial charge in [-0.1, -0.05) is 23.2 Å². The van der Waals surface area contributed by atoms with Gasteiger partial charge in [0.25, 0.3) is 5.95 Å². The number of rotatable bonds is 15. The van der Waals surface area contributed by atoms with E-state index in [0.717, 1.165) is 125 Å². The summed E-state index contributed by atoms with van der Waals surface area (Å²) >= 11 is 23.1. The summed E-state index contributed by atoms with van der Waals surface area (Å²) in [4.78, 5) is 42.7. The van der Waals surface area contributed by atoms with E-state index in [1.165, 1.54) is 12.8 Å². The molecule has 9 aliphatic rings. The SMILES string of the molecule is Cc1cc(C)[nH]n1.Cc1cc(C)[nH]n1.Cc1cc(C)n(-c2cc(C3CC3)nc(NC3CCC(F)(F)C3)n2)n1.Cc1cc(C)n(-c2nc(NC3CCC(F)(F)C3)cc(C3CC3)n2)n1.Clc1cc(C2CC2)nc(Cl)n1.FC1(F)CCC(Nc2cc(C3CC3)nc(Cl)n2)C1.FC1(F)CCC(Nc2nc(Cl)cc(C3CC3)n2)C1. The number of nitrogens with zero attached hydrogens (tertiary/aromatic N) is 16. The van der Waals surface area contributed by atoms with Gasteiger partial charge in [-0.3, -0.25) is 10.2 Å². The van der Waals surface area contributed by atoms with Crippen LogP contribution in [0.25, 0.3) is 11.8 Å². The van der Waals surface area contributed by atoms with Gasteiger partial charge in [0, 0.05) is 152 Å². The Morgan fingerprint density at radius 2 is 0.697 bits per heavy atom. The summed E-state index contributed by atoms with van der Waals surface area (Å²) in [6.45, 7) is 15.7. The number of aromatic amines is 2. The summed E-state index contributed by atoms with van der Waals surface area (Å²) < 4.78 is 110. The minimum atomic E-state index is -2.58. The molecule has 0 bridgehead atoms. The van der Waals surface area contributed by atoms with Gasteiger partial charge in [0.2, 0.25) is 46.2 Å². The molecule has 6 N–H and O–H groups in total. The molecule has 34 heteroatoms. The molecule has 4 unspecified atom stereocenters. The predicted molar refractivity (Wildman–Crippen MR) is 404 cm³/mol. The summed E-state index contributed by atoms with van der Waals surface area (Å²) in [7, 11) is 0. The summed E-state index contributed by atoms with van der Waals surface area (Å²) in [5.41, 5.74) is 12.9. The average molecular weight is 1600 g/mol. The van der Waals surface area contributed by atoms with Crippen LogP contribution >= 0.6 is 46.4 Å². The lowest BCUT2D eigenvalue weighted by Crippen LogP contribution is -2.21. The maximum Gasteiger partial charge on any atom is 0.252 e. The fraction of sp³-hybridized carbons (Fsp3) is 0.573. The molecule has 9 saturated carbocycles. The summed E-state index contributed by atoms with van der Waals surface area (Å²) in [6.07, 6.45) is 12.3. The van der Waals surface area contributed by atoms with Crippen molar-refractivity contribution in [3.63, 3.8) is 0 Å². The Labute approximate surface area is 648 Å². The van der Waals surface area contributed by atoms with E-state index in [0.29, 0.717) is 101 Å². The molecule has 0 amide bonds. The molecule has 0 radical (unpaired) electrons. The Hall–Kier alpha value is -7.96. The molecule has 9 aromatic heterocycles. The third kappa shape index (κ3) is 24.8. The van der Waals surface area contributed by atoms with Gasteiger partial charge in [-0.25, -0.2) is 84.4 Å². The molecule has 9 aromatic rings. The summed E-state index contributed by atoms with van der Waals surface area (Å²) in [5, 5.41) is 35.9. The van der Waals surface area contributed by atoms with Crippen LogP contribution in [0.3, 0.4) is 0 Å². The second kappa shape index (κ2) is 34.3. The van der Waals surface area contributed by atoms with Gasteiger partial charge in [0.15, 0.2) is 5.82 Å². The number of hydrogen-bond donors (Lipinski definition) is 6. The smallest absolute Gasteiger partial charge is 0.252 e. The predicted octanol–water partition coefficient (Wildman–Crippen LogP) is 19.4. The third-order valence-electron chi connectivity index (χ3n) is 19.6. The van der Waals surface area contributed by atoms with Crippen LogP contribution in [0, 0.1) is 55.4 Å². The fourth-order valence-electron chi connectivity index (χ4n) is 13.5. The first-order valence-electron chi connectivity index (χ1n) is 37.3. The Morgan fingerprint density at radius 3 is 1.05 bits per heavy atom. The zero-order valence-corrected chi connectivity index (χ0v) is 65.2. The van der Waals surface area contributed by atoms with Crippen molar-refractivity contribution in [1.29, 1.82) is 0 Å². The van der Waals surface area contributed by atoms with Crippen molar-refractivity contribution < 1.29 is 35.1 Å². The van der Waals surface area contributed by atoms with E-state index in [1.807, 2.05) is 97.9 Å². The molecule has 22 nitrogen and oxygen atoms in total. The summed E-state index contributed by atoms with van der Waals surface area (Å²) in [5.74, 6) is -4.62. The number of anilines is 4. The van der Waals surface area contributed by atoms with Gasteiger partial charge < -0.3 is 21.3 Å². The van der Waals surface area contributed by atoms with Crippen LogP contribution in [0.15, 0.2) is 54.6 Å². The molecular weight excluding hydrogens is 1500 g/mol. The molecule has 0 aromatic carbocycles. The zero-order valence-electron chi connectivity index (χ0n) is 62.1. The highest BCUT2D eigenvalue weighted by atomic mass is 35.5. The number of H-pyrrole nitrogens is 2. The normalized spacial score (nSPS) is 21.6. The van der Waals surface area contributed by atoms with Crippen LogP contribution < -0.4 is 21.3 Å². The molecule has 586 valence electrons. The van der Waals surface area contributed by atoms with E-state index >= 15 is 0 Å². The molecule has 4 atom stereocenters. The number of aromatic nitrogens is 18. The van der Waals surface area contributed by atoms with Gasteiger partial charge in [-0.2, -0.15) is 30.4 Å². The molecular formula is C75H92Cl4F8N22. The molecule has 18 rings (SSSR count). The Bertz CT molecular complexity index is 4260. The number of hydrogen-bond acceptors (Lipinski definition) is 18. The second-order valence-corrected chi connectivity index (χ2v) is 31.9. The van der Waals surface area contributed by atoms with Crippen LogP contribution in [0.2, 0.25) is 20.9 Å². The largest absolute Gasteiger partial charge is 0.367 e. The van der Waals surface area contributed by atoms with Gasteiger partial charge in [0.1, 0.15) is 21.9 Å². The van der Waals surface area contributed by atoms with Crippen LogP contribution in [-0.2, 0) is 0 Å². The van der Waals surface area contributed by atoms with Crippen molar-refractivity contribution in [3.8, 4) is 11.8 Å². The highest BCUT2D eigenvalue weighted by Gasteiger charge is 2.43. The first-order chi connectivity index (χ1) is 51.7. The zero-order chi connectivity index (χ0) is 77.7. The van der Waals surface area contributed by atoms with E-state index in [1.54, 1.807) is 21.5 Å². The van der Waals surface area contributed by atoms with E-state index in [2.05, 4.69) is 102 Å². The Balaban J connectivity index is 0.000000123. The number of nitrogens with one attached hydrogen (secondary N) is 6. The lowest BCUT2D eigenvalue weighted by molar-refractivity contribution is 0.00778. The fourth-order valence-corrected chi connectivity index (χ4v) is 14.3. The first kappa shape index (κ1) is 80.6. The number of aryl methyl sites for hydroxylation is 8. The van der Waals surface area contributed by atoms with Gasteiger partial charge in [-0.05, 0) is 205 Å². The van der Waals surface area contributed by atoms with E-state index in [4.69, 9.17) is 46.4 Å². The number of halogens is 12. The molecule has 0 aliphatic heterocycles. The quantitative estimate of drug-likeness (QED) is 0.0316. The maximum atomic E-state index is 13.4. The molecule has 0 saturated heterocycles. The monoisotopic (exact) mass is 1590 g/mol. The molecule has 9 heterocycles. The van der Waals surface area contributed by atoms with Crippen molar-refractivity contribution in [3.05, 3.63) is 149 Å². The summed E-state index contributed by atoms with van der Waals surface area (Å²) in [6, 6.07) is 16.2. The highest BCUT2D eigenvalue weighted by Crippen LogP contribution is 2.46. The van der Waals surface area contributed by atoms with Crippen molar-refractivity contribution in [1.82, 2.24) is 89.8 Å². The van der Waals surface area contributed by atoms with Crippen LogP contribution in [0.1, 0.15) is 245 Å². The van der Waals surface area contributed by atoms with E-state index in [-0.39, 0.29) is 86.1 Å². The minimum absolute atomic E-state index is 0.0566. The van der Waals surface area contributed by atoms with Crippen molar-refractivity contribution in [2.45, 2.75) is 274 Å². The second-order valence-electron chi connectivity index (χ2n) is 30.4. The van der Waals surface area contributed by atoms with Gasteiger partial charge in [0.05, 0.1) is 45.6 Å². The lowest BCUT2D eigenvalue weighted by atomic mass is 10.2. The van der Waals surface area contributed by atoms with Crippen LogP contribution in [-0.4, -0.2) is 138 Å². The topological polar surface area (TPSA) is 270 Å². The maximum absolute atomic E-state index is 13.4. The van der Waals surface area contributed by atoms with Crippen molar-refractivity contribution in [2.75, 3.05) is 21.3 Å². The highest BCUT2D eigenvalue weighted by molar-refractivity contribution is 6.31. The van der Waals surface area contributed by atoms with Gasteiger partial charge >= 0.3 is 0 Å². The van der Waals surface area contributed by atoms with E-state index in [9.17, 15) is 35.1 Å². The molecule has 9 fully saturated rings. The third-order valence-corrected chi connectivity index (χ3v) is 20.4. The molecule has 0 spiro atoms. The number of alkyl halides is 8. The Kier molecular flexibility index (Phi) is 25.4. The van der Waals surface area contributed by atoms with Crippen LogP contribution in [0.4, 0.5) is 58.7 Å². The lowest BCUT2D eigenvalue weighted by Gasteiger charge is -2.15. The first-order valence-corrected chi connectivity index (χ1v) is 38.9. The standard InChI is InChI=1S/2C17H21F2N5.2C12H14ClF2N3.C7H6Cl2N2.2C5H8N2/c1-10-7-11(2)24(23-10)15-8-14(12-3-4-12)21-16(22-15)20-13-5-6-17(18,19)9-13;1-10-7-11(2)24(23-10)16-21-14(12-3-4-12)8-15(22-16)20-13-5-6-17(18,19)9-13;13-11-17-9(7-1-2-7)5-10(18-11)16-8-3-4-12(14,15)6-8;13-10-5-9(7-1-2-7)17-11(18-10)16-8-3-4-12(14,15)6-8;8-6-3-5(4-1-2-4)10-7(9)11-6;2*1-4-3-5(2)7-6-4/h2*7-8,12-13H,3-6,9H2,1-2H3,(H,20,21,22);2*5,7-8H,1-4,6H2,(H,16,17,18);3-4H,1-2H2;2*3H,1-2H3,(H,6,7). The van der Waals surface area contributed by atoms with Crippen molar-refractivity contribution >= 4 is 69.9 Å². The average Bonchev–Trinajstić information content (AvgIpc) is 1.65. The van der Waals surface area contributed by atoms with Gasteiger partial charge in [-0.15, -0.1) is 0 Å². The van der Waals surface area contributed by atoms with Crippen molar-refractivity contribution in [2.24, 2.45) is 0 Å². The van der Waals surface area contributed by atoms with E-state index < -0.39 is 23.7 Å². The van der Waals surface area contributed by atoms with Crippen LogP contribution in [0.5, 0.6) is 0 Å². The Morgan fingerprint density at radius 1 is 0.349 bits per heavy atom.